The summed E-state index contributed by atoms with van der Waals surface area (Å²) in [6.45, 7) is 2.18. The standard InChI is InChI=1S/C12H16N4O2S2/c1-9-11(19-8-15-9)7-16(3)20(17,18)10-4-5-12(13-2)14-6-10/h4-6,8H,7H2,1-3H3,(H,13,14). The molecule has 2 rings (SSSR count). The lowest BCUT2D eigenvalue weighted by Crippen LogP contribution is -2.26. The molecule has 0 aliphatic heterocycles. The Balaban J connectivity index is 2.22. The molecule has 8 heteroatoms. The van der Waals surface area contributed by atoms with Crippen molar-refractivity contribution in [3.8, 4) is 0 Å². The van der Waals surface area contributed by atoms with Crippen LogP contribution in [0.5, 0.6) is 0 Å². The molecule has 0 saturated carbocycles. The zero-order chi connectivity index (χ0) is 14.8. The van der Waals surface area contributed by atoms with Gasteiger partial charge in [-0.3, -0.25) is 0 Å². The summed E-state index contributed by atoms with van der Waals surface area (Å²) in [6, 6.07) is 3.18. The SMILES string of the molecule is CNc1ccc(S(=O)(=O)N(C)Cc2scnc2C)cn1. The van der Waals surface area contributed by atoms with Crippen LogP contribution in [0.1, 0.15) is 10.6 Å². The summed E-state index contributed by atoms with van der Waals surface area (Å²) in [5.41, 5.74) is 2.58. The van der Waals surface area contributed by atoms with Crippen LogP contribution in [0.2, 0.25) is 0 Å². The fourth-order valence-electron chi connectivity index (χ4n) is 1.63. The maximum atomic E-state index is 12.4. The second-order valence-corrected chi connectivity index (χ2v) is 7.24. The van der Waals surface area contributed by atoms with Crippen LogP contribution in [0.15, 0.2) is 28.7 Å². The van der Waals surface area contributed by atoms with E-state index < -0.39 is 10.0 Å². The van der Waals surface area contributed by atoms with Gasteiger partial charge < -0.3 is 5.32 Å². The number of sulfonamides is 1. The van der Waals surface area contributed by atoms with Gasteiger partial charge in [0.15, 0.2) is 0 Å². The van der Waals surface area contributed by atoms with Crippen molar-refractivity contribution < 1.29 is 8.42 Å². The minimum absolute atomic E-state index is 0.182. The van der Waals surface area contributed by atoms with Crippen molar-refractivity contribution in [3.05, 3.63) is 34.4 Å². The van der Waals surface area contributed by atoms with Gasteiger partial charge in [0.1, 0.15) is 10.7 Å². The molecule has 0 radical (unpaired) electrons. The lowest BCUT2D eigenvalue weighted by atomic mass is 10.4. The van der Waals surface area contributed by atoms with Gasteiger partial charge in [0.25, 0.3) is 0 Å². The Morgan fingerprint density at radius 3 is 2.60 bits per heavy atom. The van der Waals surface area contributed by atoms with E-state index in [-0.39, 0.29) is 4.90 Å². The monoisotopic (exact) mass is 312 g/mol. The van der Waals surface area contributed by atoms with Crippen LogP contribution in [-0.4, -0.2) is 36.8 Å². The second kappa shape index (κ2) is 5.86. The molecule has 0 saturated heterocycles. The van der Waals surface area contributed by atoms with Crippen LogP contribution in [0, 0.1) is 6.92 Å². The summed E-state index contributed by atoms with van der Waals surface area (Å²) in [5.74, 6) is 0.630. The number of hydrogen-bond acceptors (Lipinski definition) is 6. The highest BCUT2D eigenvalue weighted by atomic mass is 32.2. The molecule has 0 aromatic carbocycles. The summed E-state index contributed by atoms with van der Waals surface area (Å²) in [4.78, 5) is 9.28. The van der Waals surface area contributed by atoms with E-state index in [0.29, 0.717) is 12.4 Å². The van der Waals surface area contributed by atoms with Gasteiger partial charge in [0, 0.05) is 31.7 Å². The molecule has 0 atom stereocenters. The molecule has 0 bridgehead atoms. The summed E-state index contributed by atoms with van der Waals surface area (Å²) in [5, 5.41) is 2.85. The predicted octanol–water partition coefficient (Wildman–Crippen LogP) is 1.71. The molecule has 2 aromatic heterocycles. The van der Waals surface area contributed by atoms with Crippen molar-refractivity contribution in [1.29, 1.82) is 0 Å². The van der Waals surface area contributed by atoms with Gasteiger partial charge in [-0.25, -0.2) is 18.4 Å². The van der Waals surface area contributed by atoms with Crippen molar-refractivity contribution in [2.45, 2.75) is 18.4 Å². The van der Waals surface area contributed by atoms with Gasteiger partial charge in [-0.15, -0.1) is 11.3 Å². The molecule has 1 N–H and O–H groups in total. The normalized spacial score (nSPS) is 11.8. The summed E-state index contributed by atoms with van der Waals surface area (Å²) < 4.78 is 26.1. The first kappa shape index (κ1) is 14.9. The minimum atomic E-state index is -3.53. The number of thiazole rings is 1. The third-order valence-corrected chi connectivity index (χ3v) is 5.62. The van der Waals surface area contributed by atoms with E-state index in [9.17, 15) is 8.42 Å². The van der Waals surface area contributed by atoms with Crippen molar-refractivity contribution >= 4 is 27.2 Å². The third-order valence-electron chi connectivity index (χ3n) is 2.91. The highest BCUT2D eigenvalue weighted by molar-refractivity contribution is 7.89. The van der Waals surface area contributed by atoms with E-state index in [1.54, 1.807) is 31.7 Å². The van der Waals surface area contributed by atoms with E-state index >= 15 is 0 Å². The van der Waals surface area contributed by atoms with Crippen molar-refractivity contribution in [2.24, 2.45) is 0 Å². The van der Waals surface area contributed by atoms with Crippen LogP contribution < -0.4 is 5.32 Å². The largest absolute Gasteiger partial charge is 0.373 e. The smallest absolute Gasteiger partial charge is 0.244 e. The molecule has 20 heavy (non-hydrogen) atoms. The first-order chi connectivity index (χ1) is 9.45. The first-order valence-corrected chi connectivity index (χ1v) is 8.26. The maximum Gasteiger partial charge on any atom is 0.244 e. The Labute approximate surface area is 122 Å². The van der Waals surface area contributed by atoms with Crippen molar-refractivity contribution in [1.82, 2.24) is 14.3 Å². The van der Waals surface area contributed by atoms with Gasteiger partial charge in [-0.2, -0.15) is 4.31 Å². The molecular weight excluding hydrogens is 296 g/mol. The highest BCUT2D eigenvalue weighted by Crippen LogP contribution is 2.20. The van der Waals surface area contributed by atoms with Gasteiger partial charge in [0.2, 0.25) is 10.0 Å². The molecule has 0 aliphatic carbocycles. The molecule has 6 nitrogen and oxygen atoms in total. The zero-order valence-corrected chi connectivity index (χ0v) is 13.1. The Bertz CT molecular complexity index is 680. The Hall–Kier alpha value is -1.51. The predicted molar refractivity (Wildman–Crippen MR) is 79.3 cm³/mol. The number of aryl methyl sites for hydroxylation is 1. The van der Waals surface area contributed by atoms with Crippen LogP contribution in [0.4, 0.5) is 5.82 Å². The molecule has 0 amide bonds. The molecule has 2 heterocycles. The molecule has 0 fully saturated rings. The number of anilines is 1. The number of pyridine rings is 1. The Morgan fingerprint density at radius 2 is 2.10 bits per heavy atom. The lowest BCUT2D eigenvalue weighted by molar-refractivity contribution is 0.468. The number of aromatic nitrogens is 2. The van der Waals surface area contributed by atoms with E-state index in [0.717, 1.165) is 10.6 Å². The summed E-state index contributed by atoms with van der Waals surface area (Å²) >= 11 is 1.45. The van der Waals surface area contributed by atoms with Crippen molar-refractivity contribution in [2.75, 3.05) is 19.4 Å². The fourth-order valence-corrected chi connectivity index (χ4v) is 3.62. The number of nitrogens with one attached hydrogen (secondary N) is 1. The average Bonchev–Trinajstić information content (AvgIpc) is 2.84. The quantitative estimate of drug-likeness (QED) is 0.909. The Morgan fingerprint density at radius 1 is 1.35 bits per heavy atom. The first-order valence-electron chi connectivity index (χ1n) is 5.94. The molecule has 108 valence electrons. The van der Waals surface area contributed by atoms with Crippen molar-refractivity contribution in [3.63, 3.8) is 0 Å². The Kier molecular flexibility index (Phi) is 4.36. The van der Waals surface area contributed by atoms with E-state index in [2.05, 4.69) is 15.3 Å². The van der Waals surface area contributed by atoms with Crippen LogP contribution in [0.25, 0.3) is 0 Å². The molecule has 0 spiro atoms. The van der Waals surface area contributed by atoms with Crippen LogP contribution >= 0.6 is 11.3 Å². The molecule has 0 unspecified atom stereocenters. The number of nitrogens with zero attached hydrogens (tertiary/aromatic N) is 3. The average molecular weight is 312 g/mol. The molecule has 2 aromatic rings. The topological polar surface area (TPSA) is 75.2 Å². The van der Waals surface area contributed by atoms with E-state index in [1.165, 1.54) is 21.8 Å². The van der Waals surface area contributed by atoms with Gasteiger partial charge in [-0.1, -0.05) is 0 Å². The summed E-state index contributed by atoms with van der Waals surface area (Å²) in [7, 11) is -0.247. The molecular formula is C12H16N4O2S2. The lowest BCUT2D eigenvalue weighted by Gasteiger charge is -2.16. The van der Waals surface area contributed by atoms with Gasteiger partial charge in [0.05, 0.1) is 11.2 Å². The van der Waals surface area contributed by atoms with Gasteiger partial charge >= 0.3 is 0 Å². The highest BCUT2D eigenvalue weighted by Gasteiger charge is 2.22. The summed E-state index contributed by atoms with van der Waals surface area (Å²) in [6.07, 6.45) is 1.36. The fraction of sp³-hybridized carbons (Fsp3) is 0.333. The molecule has 0 aliphatic rings. The van der Waals surface area contributed by atoms with E-state index in [1.807, 2.05) is 6.92 Å². The second-order valence-electron chi connectivity index (χ2n) is 4.25. The van der Waals surface area contributed by atoms with Crippen LogP contribution in [-0.2, 0) is 16.6 Å². The third kappa shape index (κ3) is 2.97. The van der Waals surface area contributed by atoms with E-state index in [4.69, 9.17) is 0 Å². The number of rotatable bonds is 5. The van der Waals surface area contributed by atoms with Gasteiger partial charge in [-0.05, 0) is 19.1 Å². The van der Waals surface area contributed by atoms with Crippen LogP contribution in [0.3, 0.4) is 0 Å². The zero-order valence-electron chi connectivity index (χ0n) is 11.5. The minimum Gasteiger partial charge on any atom is -0.373 e. The number of hydrogen-bond donors (Lipinski definition) is 1. The maximum absolute atomic E-state index is 12.4.